The highest BCUT2D eigenvalue weighted by Gasteiger charge is 2.32. The van der Waals surface area contributed by atoms with Crippen LogP contribution in [0, 0.1) is 0 Å². The zero-order valence-electron chi connectivity index (χ0n) is 10.4. The SMILES string of the molecule is CCCCN1CC2CCCCN2CC1C. The fourth-order valence-electron chi connectivity index (χ4n) is 3.09. The van der Waals surface area contributed by atoms with E-state index in [-0.39, 0.29) is 0 Å². The van der Waals surface area contributed by atoms with Crippen molar-refractivity contribution in [1.29, 1.82) is 0 Å². The first-order valence-corrected chi connectivity index (χ1v) is 6.79. The van der Waals surface area contributed by atoms with Crippen LogP contribution in [0.5, 0.6) is 0 Å². The van der Waals surface area contributed by atoms with Crippen LogP contribution in [-0.2, 0) is 0 Å². The lowest BCUT2D eigenvalue weighted by Gasteiger charge is -2.47. The lowest BCUT2D eigenvalue weighted by molar-refractivity contribution is 0.0148. The predicted molar refractivity (Wildman–Crippen MR) is 65.2 cm³/mol. The maximum Gasteiger partial charge on any atom is 0.0223 e. The Morgan fingerprint density at radius 2 is 2.07 bits per heavy atom. The van der Waals surface area contributed by atoms with Gasteiger partial charge < -0.3 is 0 Å². The minimum Gasteiger partial charge on any atom is -0.298 e. The third kappa shape index (κ3) is 2.73. The molecule has 2 heteroatoms. The second kappa shape index (κ2) is 5.31. The smallest absolute Gasteiger partial charge is 0.0223 e. The Hall–Kier alpha value is -0.0800. The van der Waals surface area contributed by atoms with E-state index < -0.39 is 0 Å². The average Bonchev–Trinajstić information content (AvgIpc) is 2.26. The quantitative estimate of drug-likeness (QED) is 0.705. The third-order valence-corrected chi connectivity index (χ3v) is 4.12. The van der Waals surface area contributed by atoms with Gasteiger partial charge in [-0.15, -0.1) is 0 Å². The van der Waals surface area contributed by atoms with Gasteiger partial charge in [0, 0.05) is 25.2 Å². The van der Waals surface area contributed by atoms with Gasteiger partial charge in [-0.25, -0.2) is 0 Å². The van der Waals surface area contributed by atoms with E-state index in [1.165, 1.54) is 58.3 Å². The second-order valence-electron chi connectivity index (χ2n) is 5.34. The molecule has 2 saturated heterocycles. The highest BCUT2D eigenvalue weighted by Crippen LogP contribution is 2.23. The number of fused-ring (bicyclic) bond motifs is 1. The van der Waals surface area contributed by atoms with Crippen molar-refractivity contribution < 1.29 is 0 Å². The van der Waals surface area contributed by atoms with Crippen LogP contribution in [0.1, 0.15) is 46.0 Å². The van der Waals surface area contributed by atoms with Crippen molar-refractivity contribution in [3.63, 3.8) is 0 Å². The summed E-state index contributed by atoms with van der Waals surface area (Å²) in [7, 11) is 0. The summed E-state index contributed by atoms with van der Waals surface area (Å²) in [4.78, 5) is 5.45. The number of piperazine rings is 1. The summed E-state index contributed by atoms with van der Waals surface area (Å²) in [6, 6.07) is 1.66. The summed E-state index contributed by atoms with van der Waals surface area (Å²) in [5.41, 5.74) is 0. The number of hydrogen-bond acceptors (Lipinski definition) is 2. The van der Waals surface area contributed by atoms with Gasteiger partial charge in [0.15, 0.2) is 0 Å². The molecule has 0 aromatic rings. The molecule has 15 heavy (non-hydrogen) atoms. The van der Waals surface area contributed by atoms with Crippen molar-refractivity contribution in [2.75, 3.05) is 26.2 Å². The summed E-state index contributed by atoms with van der Waals surface area (Å²) >= 11 is 0. The second-order valence-corrected chi connectivity index (χ2v) is 5.34. The molecule has 2 heterocycles. The molecule has 0 aromatic carbocycles. The lowest BCUT2D eigenvalue weighted by atomic mass is 9.97. The molecule has 0 radical (unpaired) electrons. The van der Waals surface area contributed by atoms with Gasteiger partial charge in [0.2, 0.25) is 0 Å². The molecule has 2 rings (SSSR count). The molecular formula is C13H26N2. The molecule has 2 aliphatic rings. The number of rotatable bonds is 3. The zero-order valence-corrected chi connectivity index (χ0v) is 10.4. The molecule has 0 aromatic heterocycles. The fourth-order valence-corrected chi connectivity index (χ4v) is 3.09. The predicted octanol–water partition coefficient (Wildman–Crippen LogP) is 2.35. The normalized spacial score (nSPS) is 34.0. The van der Waals surface area contributed by atoms with E-state index in [2.05, 4.69) is 23.6 Å². The van der Waals surface area contributed by atoms with E-state index in [0.717, 1.165) is 12.1 Å². The van der Waals surface area contributed by atoms with E-state index in [4.69, 9.17) is 0 Å². The van der Waals surface area contributed by atoms with Crippen molar-refractivity contribution in [3.05, 3.63) is 0 Å². The van der Waals surface area contributed by atoms with Gasteiger partial charge in [-0.3, -0.25) is 9.80 Å². The summed E-state index contributed by atoms with van der Waals surface area (Å²) in [5, 5.41) is 0. The summed E-state index contributed by atoms with van der Waals surface area (Å²) in [6.07, 6.45) is 7.03. The molecule has 2 nitrogen and oxygen atoms in total. The first kappa shape index (κ1) is 11.4. The van der Waals surface area contributed by atoms with Gasteiger partial charge in [-0.05, 0) is 39.3 Å². The van der Waals surface area contributed by atoms with Crippen LogP contribution < -0.4 is 0 Å². The van der Waals surface area contributed by atoms with E-state index in [0.29, 0.717) is 0 Å². The molecule has 88 valence electrons. The standard InChI is InChI=1S/C13H26N2/c1-3-4-8-14-11-13-7-5-6-9-15(13)10-12(14)2/h12-13H,3-11H2,1-2H3. The van der Waals surface area contributed by atoms with E-state index in [1.807, 2.05) is 0 Å². The minimum absolute atomic E-state index is 0.783. The van der Waals surface area contributed by atoms with Gasteiger partial charge in [0.25, 0.3) is 0 Å². The Bertz CT molecular complexity index is 193. The molecule has 0 amide bonds. The maximum absolute atomic E-state index is 2.73. The molecular weight excluding hydrogens is 184 g/mol. The summed E-state index contributed by atoms with van der Waals surface area (Å²) in [5.74, 6) is 0. The van der Waals surface area contributed by atoms with Crippen LogP contribution in [0.4, 0.5) is 0 Å². The van der Waals surface area contributed by atoms with Crippen molar-refractivity contribution in [2.24, 2.45) is 0 Å². The number of nitrogens with zero attached hydrogens (tertiary/aromatic N) is 2. The topological polar surface area (TPSA) is 6.48 Å². The molecule has 0 spiro atoms. The van der Waals surface area contributed by atoms with E-state index in [9.17, 15) is 0 Å². The van der Waals surface area contributed by atoms with Crippen LogP contribution >= 0.6 is 0 Å². The van der Waals surface area contributed by atoms with Gasteiger partial charge >= 0.3 is 0 Å². The van der Waals surface area contributed by atoms with Crippen molar-refractivity contribution in [2.45, 2.75) is 58.0 Å². The molecule has 2 fully saturated rings. The highest BCUT2D eigenvalue weighted by molar-refractivity contribution is 4.88. The Balaban J connectivity index is 1.87. The zero-order chi connectivity index (χ0) is 10.7. The molecule has 2 unspecified atom stereocenters. The molecule has 0 aliphatic carbocycles. The maximum atomic E-state index is 2.73. The molecule has 0 N–H and O–H groups in total. The largest absolute Gasteiger partial charge is 0.298 e. The monoisotopic (exact) mass is 210 g/mol. The number of hydrogen-bond donors (Lipinski definition) is 0. The molecule has 2 aliphatic heterocycles. The molecule has 2 atom stereocenters. The Morgan fingerprint density at radius 1 is 1.20 bits per heavy atom. The minimum atomic E-state index is 0.783. The third-order valence-electron chi connectivity index (χ3n) is 4.12. The summed E-state index contributed by atoms with van der Waals surface area (Å²) in [6.45, 7) is 10.0. The van der Waals surface area contributed by atoms with Crippen molar-refractivity contribution in [3.8, 4) is 0 Å². The van der Waals surface area contributed by atoms with E-state index in [1.54, 1.807) is 0 Å². The molecule has 0 bridgehead atoms. The number of piperidine rings is 1. The Morgan fingerprint density at radius 3 is 2.87 bits per heavy atom. The van der Waals surface area contributed by atoms with Crippen LogP contribution in [0.25, 0.3) is 0 Å². The van der Waals surface area contributed by atoms with Crippen LogP contribution in [-0.4, -0.2) is 48.1 Å². The lowest BCUT2D eigenvalue weighted by Crippen LogP contribution is -2.58. The van der Waals surface area contributed by atoms with Crippen LogP contribution in [0.3, 0.4) is 0 Å². The average molecular weight is 210 g/mol. The molecule has 0 saturated carbocycles. The van der Waals surface area contributed by atoms with Crippen LogP contribution in [0.2, 0.25) is 0 Å². The van der Waals surface area contributed by atoms with Gasteiger partial charge in [-0.2, -0.15) is 0 Å². The summed E-state index contributed by atoms with van der Waals surface area (Å²) < 4.78 is 0. The first-order valence-electron chi connectivity index (χ1n) is 6.79. The van der Waals surface area contributed by atoms with Crippen LogP contribution in [0.15, 0.2) is 0 Å². The van der Waals surface area contributed by atoms with Crippen molar-refractivity contribution >= 4 is 0 Å². The van der Waals surface area contributed by atoms with Crippen molar-refractivity contribution in [1.82, 2.24) is 9.80 Å². The van der Waals surface area contributed by atoms with Gasteiger partial charge in [-0.1, -0.05) is 19.8 Å². The Labute approximate surface area is 94.6 Å². The van der Waals surface area contributed by atoms with Gasteiger partial charge in [0.1, 0.15) is 0 Å². The van der Waals surface area contributed by atoms with Gasteiger partial charge in [0.05, 0.1) is 0 Å². The fraction of sp³-hybridized carbons (Fsp3) is 1.00. The highest BCUT2D eigenvalue weighted by atomic mass is 15.3. The number of unbranched alkanes of at least 4 members (excludes halogenated alkanes) is 1. The first-order chi connectivity index (χ1) is 7.31. The Kier molecular flexibility index (Phi) is 4.04. The van der Waals surface area contributed by atoms with E-state index >= 15 is 0 Å².